The maximum absolute atomic E-state index is 12.5. The van der Waals surface area contributed by atoms with Gasteiger partial charge < -0.3 is 52.2 Å². The second-order valence-electron chi connectivity index (χ2n) is 10.3. The molecule has 16 nitrogen and oxygen atoms in total. The van der Waals surface area contributed by atoms with Gasteiger partial charge in [0.05, 0.1) is 18.2 Å². The lowest BCUT2D eigenvalue weighted by Gasteiger charge is -2.29. The van der Waals surface area contributed by atoms with Gasteiger partial charge in [0.25, 0.3) is 5.91 Å². The van der Waals surface area contributed by atoms with Gasteiger partial charge in [0, 0.05) is 25.1 Å². The van der Waals surface area contributed by atoms with Gasteiger partial charge in [0.1, 0.15) is 17.5 Å². The second kappa shape index (κ2) is 20.0. The Balaban J connectivity index is 0.000000383. The Kier molecular flexibility index (Phi) is 15.9. The van der Waals surface area contributed by atoms with Crippen LogP contribution in [0.4, 0.5) is 15.3 Å². The molecule has 0 aromatic heterocycles. The Bertz CT molecular complexity index is 1570. The molecule has 0 radical (unpaired) electrons. The molecule has 49 heavy (non-hydrogen) atoms. The number of urea groups is 1. The Morgan fingerprint density at radius 3 is 2.00 bits per heavy atom. The largest absolute Gasteiger partial charge is 0.503 e. The van der Waals surface area contributed by atoms with E-state index < -0.39 is 30.1 Å². The Morgan fingerprint density at radius 1 is 0.878 bits per heavy atom. The first-order chi connectivity index (χ1) is 23.3. The molecule has 3 aromatic carbocycles. The summed E-state index contributed by atoms with van der Waals surface area (Å²) in [5.74, 6) is -0.717. The number of rotatable bonds is 10. The van der Waals surface area contributed by atoms with Crippen LogP contribution in [0.1, 0.15) is 35.7 Å². The molecule has 1 aliphatic rings. The van der Waals surface area contributed by atoms with Crippen LogP contribution in [0, 0.1) is 5.92 Å². The molecule has 1 unspecified atom stereocenters. The van der Waals surface area contributed by atoms with Gasteiger partial charge in [-0.2, -0.15) is 0 Å². The molecule has 1 atom stereocenters. The van der Waals surface area contributed by atoms with Gasteiger partial charge in [-0.15, -0.1) is 0 Å². The highest BCUT2D eigenvalue weighted by Crippen LogP contribution is 2.23. The molecule has 1 saturated heterocycles. The van der Waals surface area contributed by atoms with Gasteiger partial charge in [-0.25, -0.2) is 19.4 Å². The number of esters is 1. The molecule has 1 fully saturated rings. The molecule has 262 valence electrons. The fraction of sp³-hybridized carbons (Fsp3) is 0.273. The highest BCUT2D eigenvalue weighted by molar-refractivity contribution is 5.97. The van der Waals surface area contributed by atoms with Gasteiger partial charge in [0.2, 0.25) is 0 Å². The normalized spacial score (nSPS) is 12.7. The predicted octanol–water partition coefficient (Wildman–Crippen LogP) is 3.37. The van der Waals surface area contributed by atoms with Crippen LogP contribution in [0.15, 0.2) is 83.9 Å². The first kappa shape index (κ1) is 38.9. The lowest BCUT2D eigenvalue weighted by molar-refractivity contribution is -0.149. The highest BCUT2D eigenvalue weighted by atomic mass is 16.6. The average Bonchev–Trinajstić information content (AvgIpc) is 3.05. The van der Waals surface area contributed by atoms with Crippen LogP contribution in [0.25, 0.3) is 0 Å². The van der Waals surface area contributed by atoms with E-state index >= 15 is 0 Å². The van der Waals surface area contributed by atoms with E-state index in [-0.39, 0.29) is 24.3 Å². The number of para-hydroxylation sites is 1. The molecule has 0 spiro atoms. The van der Waals surface area contributed by atoms with Crippen molar-refractivity contribution >= 4 is 41.7 Å². The zero-order chi connectivity index (χ0) is 36.3. The molecular formula is C33H40N6O10. The lowest BCUT2D eigenvalue weighted by Crippen LogP contribution is -2.43. The number of nitrogens with zero attached hydrogens (tertiary/aromatic N) is 2. The molecule has 0 bridgehead atoms. The summed E-state index contributed by atoms with van der Waals surface area (Å²) in [6, 6.07) is 21.0. The number of nitrogens with two attached hydrogens (primary N) is 3. The summed E-state index contributed by atoms with van der Waals surface area (Å²) in [6.07, 6.45) is -0.428. The number of ether oxygens (including phenoxy) is 2. The number of aliphatic imine (C=N–C) groups is 1. The van der Waals surface area contributed by atoms with Gasteiger partial charge in [-0.05, 0) is 73.9 Å². The van der Waals surface area contributed by atoms with Crippen molar-refractivity contribution in [2.75, 3.05) is 19.7 Å². The van der Waals surface area contributed by atoms with E-state index in [1.165, 1.54) is 12.1 Å². The fourth-order valence-corrected chi connectivity index (χ4v) is 4.47. The summed E-state index contributed by atoms with van der Waals surface area (Å²) >= 11 is 0. The summed E-state index contributed by atoms with van der Waals surface area (Å²) in [4.78, 5) is 60.3. The van der Waals surface area contributed by atoms with Crippen molar-refractivity contribution in [3.05, 3.63) is 90.0 Å². The van der Waals surface area contributed by atoms with Crippen molar-refractivity contribution in [1.29, 1.82) is 0 Å². The average molecular weight is 681 g/mol. The summed E-state index contributed by atoms with van der Waals surface area (Å²) in [7, 11) is 0. The number of nitrogens with one attached hydrogen (secondary N) is 1. The topological polar surface area (TPSA) is 270 Å². The maximum atomic E-state index is 12.5. The van der Waals surface area contributed by atoms with E-state index in [0.29, 0.717) is 60.9 Å². The minimum Gasteiger partial charge on any atom is -0.480 e. The van der Waals surface area contributed by atoms with Crippen molar-refractivity contribution in [2.45, 2.75) is 32.2 Å². The van der Waals surface area contributed by atoms with Crippen LogP contribution < -0.4 is 27.3 Å². The zero-order valence-electron chi connectivity index (χ0n) is 26.7. The van der Waals surface area contributed by atoms with Crippen molar-refractivity contribution in [3.8, 4) is 11.5 Å². The summed E-state index contributed by atoms with van der Waals surface area (Å²) < 4.78 is 10.7. The van der Waals surface area contributed by atoms with Crippen LogP contribution in [0.3, 0.4) is 0 Å². The summed E-state index contributed by atoms with van der Waals surface area (Å²) in [5, 5.41) is 26.1. The number of hydrogen-bond acceptors (Lipinski definition) is 8. The third-order valence-electron chi connectivity index (χ3n) is 6.73. The summed E-state index contributed by atoms with van der Waals surface area (Å²) in [6.45, 7) is 3.31. The number of carbonyl (C=O) groups excluding carboxylic acids is 3. The third kappa shape index (κ3) is 14.8. The SMILES string of the molecule is CCOC(=O)C1CCN(C(N)=O)CC1.NC(N)=Nc1ccc(C(=O)NC(Cc2cccc(Oc3ccccc3)c2)C(=O)O)cc1.O=C(O)O. The van der Waals surface area contributed by atoms with E-state index in [1.807, 2.05) is 30.3 Å². The number of piperidine rings is 1. The molecule has 3 aromatic rings. The Hall–Kier alpha value is -6.32. The number of likely N-dealkylation sites (tertiary alicyclic amines) is 1. The molecule has 0 saturated carbocycles. The maximum Gasteiger partial charge on any atom is 0.503 e. The first-order valence-corrected chi connectivity index (χ1v) is 15.0. The molecule has 10 N–H and O–H groups in total. The molecule has 1 heterocycles. The number of carboxylic acid groups (broad SMARTS) is 3. The Morgan fingerprint density at radius 2 is 1.47 bits per heavy atom. The van der Waals surface area contributed by atoms with E-state index in [2.05, 4.69) is 10.3 Å². The number of carbonyl (C=O) groups is 5. The molecule has 1 aliphatic heterocycles. The van der Waals surface area contributed by atoms with Crippen LogP contribution in [-0.4, -0.2) is 81.9 Å². The van der Waals surface area contributed by atoms with E-state index in [9.17, 15) is 24.3 Å². The van der Waals surface area contributed by atoms with Crippen LogP contribution in [0.5, 0.6) is 11.5 Å². The van der Waals surface area contributed by atoms with E-state index in [0.717, 1.165) is 0 Å². The number of benzene rings is 3. The molecule has 0 aliphatic carbocycles. The van der Waals surface area contributed by atoms with Crippen LogP contribution >= 0.6 is 0 Å². The smallest absolute Gasteiger partial charge is 0.480 e. The molecule has 3 amide bonds. The Labute approximate surface area is 282 Å². The van der Waals surface area contributed by atoms with Crippen LogP contribution in [0.2, 0.25) is 0 Å². The van der Waals surface area contributed by atoms with Crippen LogP contribution in [-0.2, 0) is 20.7 Å². The van der Waals surface area contributed by atoms with E-state index in [1.54, 1.807) is 48.2 Å². The minimum atomic E-state index is -1.83. The predicted molar refractivity (Wildman–Crippen MR) is 179 cm³/mol. The number of guanidine groups is 1. The van der Waals surface area contributed by atoms with Gasteiger partial charge >= 0.3 is 24.1 Å². The van der Waals surface area contributed by atoms with Crippen molar-refractivity contribution < 1.29 is 48.8 Å². The van der Waals surface area contributed by atoms with Gasteiger partial charge in [0.15, 0.2) is 5.96 Å². The first-order valence-electron chi connectivity index (χ1n) is 15.0. The molecule has 16 heteroatoms. The fourth-order valence-electron chi connectivity index (χ4n) is 4.47. The number of aliphatic carboxylic acids is 1. The second-order valence-corrected chi connectivity index (χ2v) is 10.3. The molecule has 4 rings (SSSR count). The monoisotopic (exact) mass is 680 g/mol. The number of carboxylic acids is 1. The minimum absolute atomic E-state index is 0.0643. The van der Waals surface area contributed by atoms with Crippen molar-refractivity contribution in [2.24, 2.45) is 28.1 Å². The molecular weight excluding hydrogens is 640 g/mol. The third-order valence-corrected chi connectivity index (χ3v) is 6.73. The van der Waals surface area contributed by atoms with E-state index in [4.69, 9.17) is 41.7 Å². The van der Waals surface area contributed by atoms with Gasteiger partial charge in [-0.1, -0.05) is 30.3 Å². The number of hydrogen-bond donors (Lipinski definition) is 7. The van der Waals surface area contributed by atoms with Crippen molar-refractivity contribution in [1.82, 2.24) is 10.2 Å². The quantitative estimate of drug-likeness (QED) is 0.0923. The lowest BCUT2D eigenvalue weighted by atomic mass is 9.97. The zero-order valence-corrected chi connectivity index (χ0v) is 26.7. The van der Waals surface area contributed by atoms with Crippen molar-refractivity contribution in [3.63, 3.8) is 0 Å². The standard InChI is InChI=1S/C23H22N4O4.C9H16N2O3.CH2O3/c24-23(25)26-17-11-9-16(10-12-17)21(28)27-20(22(29)30)14-15-5-4-8-19(13-15)31-18-6-2-1-3-7-18;1-2-14-8(12)7-3-5-11(6-4-7)9(10)13;2-1(3)4/h1-13,20H,14H2,(H,27,28)(H,29,30)(H4,24,25,26);7H,2-6H2,1H3,(H2,10,13);(H2,2,3,4). The summed E-state index contributed by atoms with van der Waals surface area (Å²) in [5.41, 5.74) is 17.3. The number of primary amides is 1. The highest BCUT2D eigenvalue weighted by Gasteiger charge is 2.27. The number of amides is 3. The van der Waals surface area contributed by atoms with Gasteiger partial charge in [-0.3, -0.25) is 9.59 Å².